The lowest BCUT2D eigenvalue weighted by atomic mass is 10.3. The second-order valence-corrected chi connectivity index (χ2v) is 5.68. The van der Waals surface area contributed by atoms with Crippen LogP contribution in [0.2, 0.25) is 0 Å². The fourth-order valence-electron chi connectivity index (χ4n) is 1.64. The van der Waals surface area contributed by atoms with Crippen LogP contribution in [0.3, 0.4) is 0 Å². The number of primary amides is 1. The van der Waals surface area contributed by atoms with Gasteiger partial charge in [0, 0.05) is 18.1 Å². The Hall–Kier alpha value is -3.21. The van der Waals surface area contributed by atoms with Crippen molar-refractivity contribution in [2.75, 3.05) is 11.5 Å². The number of rotatable bonds is 5. The number of nitrogens with two attached hydrogens (primary N) is 2. The molecule has 0 fully saturated rings. The molecule has 0 aliphatic rings. The van der Waals surface area contributed by atoms with E-state index in [0.717, 1.165) is 0 Å². The number of nitrogens with one attached hydrogen (secondary N) is 1. The number of fused-ring (bicyclic) bond motifs is 1. The van der Waals surface area contributed by atoms with E-state index in [9.17, 15) is 9.59 Å². The highest BCUT2D eigenvalue weighted by Crippen LogP contribution is 2.20. The minimum Gasteiger partial charge on any atom is -0.481 e. The summed E-state index contributed by atoms with van der Waals surface area (Å²) in [6, 6.07) is 3.29. The highest BCUT2D eigenvalue weighted by molar-refractivity contribution is 7.99. The first-order valence-corrected chi connectivity index (χ1v) is 7.96. The van der Waals surface area contributed by atoms with Crippen molar-refractivity contribution in [3.05, 3.63) is 36.4 Å². The van der Waals surface area contributed by atoms with Crippen LogP contribution in [0.1, 0.15) is 16.8 Å². The van der Waals surface area contributed by atoms with Gasteiger partial charge in [-0.1, -0.05) is 11.8 Å². The van der Waals surface area contributed by atoms with E-state index in [1.807, 2.05) is 0 Å². The Bertz CT molecular complexity index is 869. The Labute approximate surface area is 146 Å². The zero-order valence-electron chi connectivity index (χ0n) is 12.9. The van der Waals surface area contributed by atoms with Gasteiger partial charge in [0.25, 0.3) is 0 Å². The smallest absolute Gasteiger partial charge is 0.304 e. The van der Waals surface area contributed by atoms with E-state index in [1.165, 1.54) is 24.3 Å². The summed E-state index contributed by atoms with van der Waals surface area (Å²) in [7, 11) is 0. The number of anilines is 1. The lowest BCUT2D eigenvalue weighted by molar-refractivity contribution is -0.136. The van der Waals surface area contributed by atoms with Crippen molar-refractivity contribution in [2.24, 2.45) is 5.73 Å². The number of carboxylic acid groups (broad SMARTS) is 1. The summed E-state index contributed by atoms with van der Waals surface area (Å²) in [4.78, 5) is 39.3. The minimum atomic E-state index is -0.831. The van der Waals surface area contributed by atoms with Gasteiger partial charge in [0.15, 0.2) is 22.1 Å². The monoisotopic (exact) mass is 361 g/mol. The van der Waals surface area contributed by atoms with Gasteiger partial charge in [-0.2, -0.15) is 0 Å². The zero-order valence-corrected chi connectivity index (χ0v) is 13.7. The highest BCUT2D eigenvalue weighted by atomic mass is 32.2. The maximum absolute atomic E-state index is 10.4. The largest absolute Gasteiger partial charge is 0.481 e. The molecule has 0 atom stereocenters. The number of nitrogen functional groups attached to an aromatic ring is 1. The Balaban J connectivity index is 0.000000212. The zero-order chi connectivity index (χ0) is 18.2. The molecule has 1 amide bonds. The van der Waals surface area contributed by atoms with Crippen molar-refractivity contribution in [2.45, 2.75) is 11.6 Å². The molecule has 3 rings (SSSR count). The standard InChI is InChI=1S/C8H9N5O2S.C6H6N2O/c9-6-5-7(11-3-10-6)13-8(12-5)16-2-1-4(14)15;7-6(9)5-2-1-3-8-4-5/h3H,1-2H2,(H,14,15)(H3,9,10,11,12,13);1-4H,(H2,7,9). The van der Waals surface area contributed by atoms with Crippen LogP contribution in [0.5, 0.6) is 0 Å². The molecule has 3 aromatic heterocycles. The number of aliphatic carboxylic acids is 1. The maximum atomic E-state index is 10.4. The number of H-pyrrole nitrogens is 1. The van der Waals surface area contributed by atoms with Crippen molar-refractivity contribution in [3.8, 4) is 0 Å². The van der Waals surface area contributed by atoms with Crippen molar-refractivity contribution < 1.29 is 14.7 Å². The van der Waals surface area contributed by atoms with E-state index in [1.54, 1.807) is 18.3 Å². The average Bonchev–Trinajstić information content (AvgIpc) is 3.00. The Morgan fingerprint density at radius 3 is 2.68 bits per heavy atom. The van der Waals surface area contributed by atoms with Crippen LogP contribution in [-0.2, 0) is 4.79 Å². The summed E-state index contributed by atoms with van der Waals surface area (Å²) < 4.78 is 0. The molecule has 0 saturated carbocycles. The Morgan fingerprint density at radius 1 is 1.32 bits per heavy atom. The number of aromatic nitrogens is 5. The van der Waals surface area contributed by atoms with Crippen LogP contribution < -0.4 is 11.5 Å². The van der Waals surface area contributed by atoms with Crippen LogP contribution in [-0.4, -0.2) is 47.7 Å². The van der Waals surface area contributed by atoms with Gasteiger partial charge in [-0.15, -0.1) is 0 Å². The number of carbonyl (C=O) groups excluding carboxylic acids is 1. The number of hydrogen-bond acceptors (Lipinski definition) is 8. The molecule has 3 heterocycles. The summed E-state index contributed by atoms with van der Waals surface area (Å²) >= 11 is 1.31. The maximum Gasteiger partial charge on any atom is 0.304 e. The molecule has 3 aromatic rings. The molecule has 25 heavy (non-hydrogen) atoms. The van der Waals surface area contributed by atoms with Crippen molar-refractivity contribution in [1.82, 2.24) is 24.9 Å². The predicted molar refractivity (Wildman–Crippen MR) is 91.8 cm³/mol. The van der Waals surface area contributed by atoms with Gasteiger partial charge in [-0.05, 0) is 12.1 Å². The molecular formula is C14H15N7O3S. The van der Waals surface area contributed by atoms with Gasteiger partial charge in [0.2, 0.25) is 5.91 Å². The topological polar surface area (TPSA) is 174 Å². The third-order valence-electron chi connectivity index (χ3n) is 2.79. The summed E-state index contributed by atoms with van der Waals surface area (Å²) in [6.45, 7) is 0. The molecule has 0 saturated heterocycles. The quantitative estimate of drug-likeness (QED) is 0.476. The third-order valence-corrected chi connectivity index (χ3v) is 3.67. The Kier molecular flexibility index (Phi) is 6.23. The van der Waals surface area contributed by atoms with Crippen LogP contribution in [0, 0.1) is 0 Å². The van der Waals surface area contributed by atoms with Gasteiger partial charge < -0.3 is 21.6 Å². The van der Waals surface area contributed by atoms with Crippen molar-refractivity contribution in [3.63, 3.8) is 0 Å². The van der Waals surface area contributed by atoms with E-state index < -0.39 is 11.9 Å². The summed E-state index contributed by atoms with van der Waals surface area (Å²) in [5, 5.41) is 9.09. The Morgan fingerprint density at radius 2 is 2.12 bits per heavy atom. The number of carbonyl (C=O) groups is 2. The van der Waals surface area contributed by atoms with Crippen LogP contribution in [0.4, 0.5) is 5.82 Å². The first-order valence-electron chi connectivity index (χ1n) is 6.98. The molecule has 0 spiro atoms. The first-order chi connectivity index (χ1) is 12.0. The van der Waals surface area contributed by atoms with Gasteiger partial charge in [0.05, 0.1) is 12.0 Å². The molecule has 0 unspecified atom stereocenters. The number of nitrogens with zero attached hydrogens (tertiary/aromatic N) is 4. The number of amides is 1. The highest BCUT2D eigenvalue weighted by Gasteiger charge is 2.08. The van der Waals surface area contributed by atoms with Gasteiger partial charge in [-0.25, -0.2) is 15.0 Å². The molecule has 0 bridgehead atoms. The number of thioether (sulfide) groups is 1. The van der Waals surface area contributed by atoms with Gasteiger partial charge in [0.1, 0.15) is 6.33 Å². The summed E-state index contributed by atoms with van der Waals surface area (Å²) in [6.07, 6.45) is 4.46. The number of carboxylic acids is 1. The fraction of sp³-hybridized carbons (Fsp3) is 0.143. The molecule has 130 valence electrons. The molecule has 10 nitrogen and oxygen atoms in total. The van der Waals surface area contributed by atoms with Crippen LogP contribution in [0.25, 0.3) is 11.2 Å². The molecule has 11 heteroatoms. The molecular weight excluding hydrogens is 346 g/mol. The predicted octanol–water partition coefficient (Wildman–Crippen LogP) is 0.682. The van der Waals surface area contributed by atoms with Crippen LogP contribution >= 0.6 is 11.8 Å². The van der Waals surface area contributed by atoms with E-state index in [4.69, 9.17) is 16.6 Å². The van der Waals surface area contributed by atoms with E-state index >= 15 is 0 Å². The van der Waals surface area contributed by atoms with Gasteiger partial charge in [-0.3, -0.25) is 14.6 Å². The average molecular weight is 361 g/mol. The lowest BCUT2D eigenvalue weighted by Crippen LogP contribution is -2.10. The molecule has 0 aliphatic carbocycles. The number of pyridine rings is 1. The lowest BCUT2D eigenvalue weighted by Gasteiger charge is -1.92. The fourth-order valence-corrected chi connectivity index (χ4v) is 2.43. The molecule has 0 aliphatic heterocycles. The molecule has 6 N–H and O–H groups in total. The second-order valence-electron chi connectivity index (χ2n) is 4.60. The first kappa shape index (κ1) is 18.1. The normalized spacial score (nSPS) is 10.1. The van der Waals surface area contributed by atoms with E-state index in [0.29, 0.717) is 33.5 Å². The number of hydrogen-bond donors (Lipinski definition) is 4. The summed E-state index contributed by atoms with van der Waals surface area (Å²) in [5.74, 6) is -0.514. The van der Waals surface area contributed by atoms with Crippen molar-refractivity contribution >= 4 is 40.6 Å². The molecule has 0 radical (unpaired) electrons. The van der Waals surface area contributed by atoms with Crippen LogP contribution in [0.15, 0.2) is 36.0 Å². The minimum absolute atomic E-state index is 0.0862. The number of imidazole rings is 1. The third kappa shape index (κ3) is 5.42. The molecule has 0 aromatic carbocycles. The van der Waals surface area contributed by atoms with Gasteiger partial charge >= 0.3 is 5.97 Å². The van der Waals surface area contributed by atoms with E-state index in [-0.39, 0.29) is 6.42 Å². The SMILES string of the molecule is NC(=O)c1cccnc1.Nc1ncnc2[nH]c(SCCC(=O)O)nc12. The number of aromatic amines is 1. The van der Waals surface area contributed by atoms with Crippen molar-refractivity contribution in [1.29, 1.82) is 0 Å². The van der Waals surface area contributed by atoms with E-state index in [2.05, 4.69) is 24.9 Å². The second kappa shape index (κ2) is 8.59. The summed E-state index contributed by atoms with van der Waals surface area (Å²) in [5.41, 5.74) is 12.1.